The zero-order valence-corrected chi connectivity index (χ0v) is 8.24. The maximum atomic E-state index is 10.8. The molecule has 0 amide bonds. The van der Waals surface area contributed by atoms with E-state index in [1.807, 2.05) is 19.9 Å². The molecule has 0 saturated carbocycles. The number of carbonyl (C=O) groups excluding carboxylic acids is 1. The molecule has 1 aromatic rings. The van der Waals surface area contributed by atoms with Gasteiger partial charge in [-0.1, -0.05) is 12.1 Å². The van der Waals surface area contributed by atoms with Crippen molar-refractivity contribution in [2.45, 2.75) is 25.4 Å². The van der Waals surface area contributed by atoms with Gasteiger partial charge in [0.2, 0.25) is 0 Å². The van der Waals surface area contributed by atoms with Gasteiger partial charge in [0.25, 0.3) is 0 Å². The molecule has 0 radical (unpaired) electrons. The highest BCUT2D eigenvalue weighted by Gasteiger charge is 2.37. The fourth-order valence-corrected chi connectivity index (χ4v) is 2.07. The molecule has 2 N–H and O–H groups in total. The maximum absolute atomic E-state index is 10.8. The Morgan fingerprint density at radius 1 is 1.50 bits per heavy atom. The summed E-state index contributed by atoms with van der Waals surface area (Å²) in [6.07, 6.45) is 0.827. The third kappa shape index (κ3) is 1.13. The van der Waals surface area contributed by atoms with Gasteiger partial charge in [-0.15, -0.1) is 0 Å². The van der Waals surface area contributed by atoms with E-state index in [0.29, 0.717) is 5.56 Å². The fourth-order valence-electron chi connectivity index (χ4n) is 2.07. The summed E-state index contributed by atoms with van der Waals surface area (Å²) in [6.45, 7) is 3.99. The fraction of sp³-hybridized carbons (Fsp3) is 0.364. The van der Waals surface area contributed by atoms with Crippen LogP contribution in [0.3, 0.4) is 0 Å². The van der Waals surface area contributed by atoms with Crippen LogP contribution in [0.5, 0.6) is 5.75 Å². The number of rotatable bonds is 1. The Hall–Kier alpha value is -1.35. The van der Waals surface area contributed by atoms with Crippen LogP contribution in [0.25, 0.3) is 0 Å². The van der Waals surface area contributed by atoms with E-state index in [4.69, 9.17) is 0 Å². The summed E-state index contributed by atoms with van der Waals surface area (Å²) < 4.78 is 0. The van der Waals surface area contributed by atoms with Crippen molar-refractivity contribution < 1.29 is 9.90 Å². The van der Waals surface area contributed by atoms with E-state index in [-0.39, 0.29) is 17.3 Å². The molecule has 1 aromatic carbocycles. The SMILES string of the molecule is CC1(C)NC(C=O)c2c(O)cccc21. The predicted molar refractivity (Wildman–Crippen MR) is 53.1 cm³/mol. The molecular formula is C11H13NO2. The molecule has 0 bridgehead atoms. The van der Waals surface area contributed by atoms with Gasteiger partial charge in [0, 0.05) is 11.1 Å². The van der Waals surface area contributed by atoms with Gasteiger partial charge in [-0.25, -0.2) is 0 Å². The second-order valence-electron chi connectivity index (χ2n) is 4.12. The molecular weight excluding hydrogens is 178 g/mol. The number of hydrogen-bond donors (Lipinski definition) is 2. The molecule has 74 valence electrons. The molecule has 0 aromatic heterocycles. The van der Waals surface area contributed by atoms with Crippen LogP contribution in [0.15, 0.2) is 18.2 Å². The smallest absolute Gasteiger partial charge is 0.141 e. The highest BCUT2D eigenvalue weighted by molar-refractivity contribution is 5.68. The normalized spacial score (nSPS) is 23.1. The van der Waals surface area contributed by atoms with Gasteiger partial charge in [0.05, 0.1) is 6.04 Å². The van der Waals surface area contributed by atoms with Crippen molar-refractivity contribution in [1.29, 1.82) is 0 Å². The minimum absolute atomic E-state index is 0.192. The van der Waals surface area contributed by atoms with E-state index in [0.717, 1.165) is 11.8 Å². The Kier molecular flexibility index (Phi) is 1.86. The summed E-state index contributed by atoms with van der Waals surface area (Å²) in [6, 6.07) is 4.95. The molecule has 3 nitrogen and oxygen atoms in total. The van der Waals surface area contributed by atoms with Gasteiger partial charge in [-0.3, -0.25) is 5.32 Å². The Balaban J connectivity index is 2.65. The molecule has 0 aliphatic carbocycles. The van der Waals surface area contributed by atoms with Crippen LogP contribution in [-0.2, 0) is 10.3 Å². The zero-order valence-electron chi connectivity index (χ0n) is 8.24. The summed E-state index contributed by atoms with van der Waals surface area (Å²) in [4.78, 5) is 10.8. The van der Waals surface area contributed by atoms with Crippen molar-refractivity contribution in [3.05, 3.63) is 29.3 Å². The molecule has 1 unspecified atom stereocenters. The van der Waals surface area contributed by atoms with Crippen molar-refractivity contribution in [2.75, 3.05) is 0 Å². The zero-order chi connectivity index (χ0) is 10.3. The van der Waals surface area contributed by atoms with E-state index in [1.165, 1.54) is 0 Å². The Morgan fingerprint density at radius 3 is 2.86 bits per heavy atom. The highest BCUT2D eigenvalue weighted by Crippen LogP contribution is 2.40. The molecule has 0 saturated heterocycles. The maximum Gasteiger partial charge on any atom is 0.141 e. The first-order chi connectivity index (χ1) is 6.56. The molecule has 0 fully saturated rings. The molecule has 2 rings (SSSR count). The van der Waals surface area contributed by atoms with E-state index in [2.05, 4.69) is 5.32 Å². The van der Waals surface area contributed by atoms with Crippen molar-refractivity contribution >= 4 is 6.29 Å². The third-order valence-electron chi connectivity index (χ3n) is 2.72. The van der Waals surface area contributed by atoms with E-state index in [9.17, 15) is 9.90 Å². The van der Waals surface area contributed by atoms with Gasteiger partial charge in [0.15, 0.2) is 0 Å². The Labute approximate surface area is 82.8 Å². The lowest BCUT2D eigenvalue weighted by Gasteiger charge is -2.19. The molecule has 1 atom stereocenters. The number of benzene rings is 1. The van der Waals surface area contributed by atoms with Crippen LogP contribution >= 0.6 is 0 Å². The molecule has 1 aliphatic rings. The van der Waals surface area contributed by atoms with E-state index >= 15 is 0 Å². The highest BCUT2D eigenvalue weighted by atomic mass is 16.3. The number of aromatic hydroxyl groups is 1. The van der Waals surface area contributed by atoms with Crippen LogP contribution in [0.2, 0.25) is 0 Å². The van der Waals surface area contributed by atoms with Gasteiger partial charge in [0.1, 0.15) is 12.0 Å². The molecule has 3 heteroatoms. The lowest BCUT2D eigenvalue weighted by atomic mass is 9.93. The quantitative estimate of drug-likeness (QED) is 0.661. The standard InChI is InChI=1S/C11H13NO2/c1-11(2)7-4-3-5-9(14)10(7)8(6-13)12-11/h3-6,8,12,14H,1-2H3. The minimum Gasteiger partial charge on any atom is -0.508 e. The predicted octanol–water partition coefficient (Wildman–Crippen LogP) is 1.47. The number of fused-ring (bicyclic) bond motifs is 1. The largest absolute Gasteiger partial charge is 0.508 e. The first-order valence-corrected chi connectivity index (χ1v) is 4.61. The summed E-state index contributed by atoms with van der Waals surface area (Å²) in [7, 11) is 0. The average Bonchev–Trinajstić information content (AvgIpc) is 2.40. The van der Waals surface area contributed by atoms with Crippen LogP contribution in [0.1, 0.15) is 31.0 Å². The number of carbonyl (C=O) groups is 1. The monoisotopic (exact) mass is 191 g/mol. The molecule has 14 heavy (non-hydrogen) atoms. The van der Waals surface area contributed by atoms with Crippen LogP contribution < -0.4 is 5.32 Å². The van der Waals surface area contributed by atoms with Crippen molar-refractivity contribution in [1.82, 2.24) is 5.32 Å². The minimum atomic E-state index is -0.388. The van der Waals surface area contributed by atoms with Gasteiger partial charge in [-0.05, 0) is 25.5 Å². The lowest BCUT2D eigenvalue weighted by molar-refractivity contribution is -0.109. The second kappa shape index (κ2) is 2.82. The van der Waals surface area contributed by atoms with Crippen molar-refractivity contribution in [3.63, 3.8) is 0 Å². The first-order valence-electron chi connectivity index (χ1n) is 4.61. The molecule has 1 aliphatic heterocycles. The van der Waals surface area contributed by atoms with E-state index in [1.54, 1.807) is 12.1 Å². The first kappa shape index (κ1) is 9.21. The summed E-state index contributed by atoms with van der Waals surface area (Å²) in [5, 5.41) is 12.8. The number of phenolic OH excluding ortho intramolecular Hbond substituents is 1. The summed E-state index contributed by atoms with van der Waals surface area (Å²) in [5.74, 6) is 0.192. The van der Waals surface area contributed by atoms with Gasteiger partial charge >= 0.3 is 0 Å². The number of phenols is 1. The lowest BCUT2D eigenvalue weighted by Crippen LogP contribution is -2.32. The Bertz CT molecular complexity index is 385. The summed E-state index contributed by atoms with van der Waals surface area (Å²) >= 11 is 0. The average molecular weight is 191 g/mol. The number of aldehydes is 1. The van der Waals surface area contributed by atoms with Crippen LogP contribution in [-0.4, -0.2) is 11.4 Å². The summed E-state index contributed by atoms with van der Waals surface area (Å²) in [5.41, 5.74) is 1.46. The van der Waals surface area contributed by atoms with Gasteiger partial charge in [-0.2, -0.15) is 0 Å². The number of hydrogen-bond acceptors (Lipinski definition) is 3. The second-order valence-corrected chi connectivity index (χ2v) is 4.12. The molecule has 1 heterocycles. The molecule has 0 spiro atoms. The number of nitrogens with one attached hydrogen (secondary N) is 1. The van der Waals surface area contributed by atoms with Crippen molar-refractivity contribution in [2.24, 2.45) is 0 Å². The van der Waals surface area contributed by atoms with Crippen LogP contribution in [0, 0.1) is 0 Å². The van der Waals surface area contributed by atoms with Crippen molar-refractivity contribution in [3.8, 4) is 5.75 Å². The van der Waals surface area contributed by atoms with Crippen LogP contribution in [0.4, 0.5) is 0 Å². The Morgan fingerprint density at radius 2 is 2.21 bits per heavy atom. The van der Waals surface area contributed by atoms with Gasteiger partial charge < -0.3 is 9.90 Å². The van der Waals surface area contributed by atoms with E-state index < -0.39 is 0 Å². The topological polar surface area (TPSA) is 49.3 Å². The third-order valence-corrected chi connectivity index (χ3v) is 2.72.